The molecule has 0 aliphatic heterocycles. The highest BCUT2D eigenvalue weighted by atomic mass is 35.5. The van der Waals surface area contributed by atoms with Gasteiger partial charge in [0.25, 0.3) is 5.91 Å². The van der Waals surface area contributed by atoms with Gasteiger partial charge in [0.15, 0.2) is 11.5 Å². The first-order chi connectivity index (χ1) is 16.8. The van der Waals surface area contributed by atoms with Gasteiger partial charge in [-0.05, 0) is 65.7 Å². The summed E-state index contributed by atoms with van der Waals surface area (Å²) >= 11 is 12.4. The molecule has 0 heterocycles. The molecule has 0 fully saturated rings. The van der Waals surface area contributed by atoms with Gasteiger partial charge in [-0.15, -0.1) is 0 Å². The Kier molecular flexibility index (Phi) is 8.74. The predicted octanol–water partition coefficient (Wildman–Crippen LogP) is 5.91. The molecule has 1 amide bonds. The summed E-state index contributed by atoms with van der Waals surface area (Å²) in [4.78, 5) is 24.2. The molecule has 0 radical (unpaired) electrons. The van der Waals surface area contributed by atoms with Crippen molar-refractivity contribution in [3.8, 4) is 17.6 Å². The zero-order chi connectivity index (χ0) is 25.4. The lowest BCUT2D eigenvalue weighted by Crippen LogP contribution is -2.13. The second-order valence-electron chi connectivity index (χ2n) is 7.15. The van der Waals surface area contributed by atoms with Crippen LogP contribution in [0.5, 0.6) is 11.5 Å². The van der Waals surface area contributed by atoms with Crippen molar-refractivity contribution >= 4 is 46.8 Å². The molecule has 0 aliphatic carbocycles. The van der Waals surface area contributed by atoms with Crippen LogP contribution in [0.3, 0.4) is 0 Å². The minimum absolute atomic E-state index is 0.159. The number of carbonyl (C=O) groups excluding carboxylic acids is 2. The molecule has 0 aliphatic rings. The number of ether oxygens (including phenoxy) is 3. The second-order valence-corrected chi connectivity index (χ2v) is 7.99. The highest BCUT2D eigenvalue weighted by molar-refractivity contribution is 6.32. The van der Waals surface area contributed by atoms with Crippen LogP contribution in [-0.2, 0) is 16.1 Å². The number of halogens is 2. The number of amides is 1. The number of carbonyl (C=O) groups is 2. The van der Waals surface area contributed by atoms with Gasteiger partial charge in [-0.2, -0.15) is 5.26 Å². The standard InChI is InChI=1S/C26H20Cl2N2O5/c1-33-23-13-17(12-22(28)24(23)35-15-16-4-3-5-20(27)11-16)10-19(14-29)25(31)30-21-8-6-18(7-9-21)26(32)34-2/h3-13H,15H2,1-2H3,(H,30,31)/b19-10+. The lowest BCUT2D eigenvalue weighted by molar-refractivity contribution is -0.112. The maximum Gasteiger partial charge on any atom is 0.337 e. The fourth-order valence-corrected chi connectivity index (χ4v) is 3.55. The van der Waals surface area contributed by atoms with Crippen LogP contribution in [0.2, 0.25) is 10.0 Å². The third kappa shape index (κ3) is 6.76. The van der Waals surface area contributed by atoms with Crippen LogP contribution in [0.4, 0.5) is 5.69 Å². The predicted molar refractivity (Wildman–Crippen MR) is 134 cm³/mol. The Labute approximate surface area is 212 Å². The molecule has 3 aromatic carbocycles. The number of rotatable bonds is 8. The van der Waals surface area contributed by atoms with E-state index in [1.807, 2.05) is 18.2 Å². The van der Waals surface area contributed by atoms with Crippen LogP contribution in [0, 0.1) is 11.3 Å². The van der Waals surface area contributed by atoms with Crippen molar-refractivity contribution in [2.24, 2.45) is 0 Å². The number of nitrogens with zero attached hydrogens (tertiary/aromatic N) is 1. The van der Waals surface area contributed by atoms with Crippen LogP contribution < -0.4 is 14.8 Å². The van der Waals surface area contributed by atoms with Crippen LogP contribution >= 0.6 is 23.2 Å². The Morgan fingerprint density at radius 1 is 1.06 bits per heavy atom. The molecule has 0 bridgehead atoms. The molecule has 3 rings (SSSR count). The number of nitriles is 1. The largest absolute Gasteiger partial charge is 0.493 e. The molecule has 178 valence electrons. The van der Waals surface area contributed by atoms with E-state index in [1.165, 1.54) is 44.6 Å². The molecular formula is C26H20Cl2N2O5. The van der Waals surface area contributed by atoms with Gasteiger partial charge in [0.2, 0.25) is 0 Å². The first kappa shape index (κ1) is 25.6. The van der Waals surface area contributed by atoms with Crippen molar-refractivity contribution in [2.45, 2.75) is 6.61 Å². The average molecular weight is 511 g/mol. The Balaban J connectivity index is 1.78. The molecule has 9 heteroatoms. The second kappa shape index (κ2) is 11.9. The molecule has 1 N–H and O–H groups in total. The van der Waals surface area contributed by atoms with Gasteiger partial charge in [-0.25, -0.2) is 4.79 Å². The van der Waals surface area contributed by atoms with Crippen molar-refractivity contribution < 1.29 is 23.8 Å². The first-order valence-electron chi connectivity index (χ1n) is 10.2. The lowest BCUT2D eigenvalue weighted by atomic mass is 10.1. The van der Waals surface area contributed by atoms with Crippen LogP contribution in [0.15, 0.2) is 66.2 Å². The number of hydrogen-bond acceptors (Lipinski definition) is 6. The zero-order valence-electron chi connectivity index (χ0n) is 18.8. The van der Waals surface area contributed by atoms with E-state index in [0.717, 1.165) is 5.56 Å². The smallest absolute Gasteiger partial charge is 0.337 e. The summed E-state index contributed by atoms with van der Waals surface area (Å²) in [6.45, 7) is 0.215. The van der Waals surface area contributed by atoms with Gasteiger partial charge in [0, 0.05) is 10.7 Å². The molecule has 0 atom stereocenters. The summed E-state index contributed by atoms with van der Waals surface area (Å²) in [6, 6.07) is 18.3. The van der Waals surface area contributed by atoms with Crippen molar-refractivity contribution in [1.29, 1.82) is 5.26 Å². The number of methoxy groups -OCH3 is 2. The monoisotopic (exact) mass is 510 g/mol. The third-order valence-electron chi connectivity index (χ3n) is 4.76. The normalized spacial score (nSPS) is 10.8. The molecule has 35 heavy (non-hydrogen) atoms. The maximum absolute atomic E-state index is 12.6. The molecule has 0 unspecified atom stereocenters. The fourth-order valence-electron chi connectivity index (χ4n) is 3.07. The van der Waals surface area contributed by atoms with Crippen molar-refractivity contribution in [1.82, 2.24) is 0 Å². The van der Waals surface area contributed by atoms with Crippen LogP contribution in [0.25, 0.3) is 6.08 Å². The number of anilines is 1. The minimum Gasteiger partial charge on any atom is -0.493 e. The fraction of sp³-hybridized carbons (Fsp3) is 0.115. The van der Waals surface area contributed by atoms with Gasteiger partial charge in [0.05, 0.1) is 24.8 Å². The molecule has 3 aromatic rings. The highest BCUT2D eigenvalue weighted by Crippen LogP contribution is 2.37. The van der Waals surface area contributed by atoms with E-state index in [4.69, 9.17) is 32.7 Å². The topological polar surface area (TPSA) is 97.7 Å². The van der Waals surface area contributed by atoms with E-state index in [1.54, 1.807) is 24.3 Å². The first-order valence-corrected chi connectivity index (χ1v) is 11.0. The summed E-state index contributed by atoms with van der Waals surface area (Å²) in [5.41, 5.74) is 1.90. The molecule has 7 nitrogen and oxygen atoms in total. The summed E-state index contributed by atoms with van der Waals surface area (Å²) < 4.78 is 15.9. The molecular weight excluding hydrogens is 491 g/mol. The summed E-state index contributed by atoms with van der Waals surface area (Å²) in [6.07, 6.45) is 1.38. The van der Waals surface area contributed by atoms with Crippen molar-refractivity contribution in [2.75, 3.05) is 19.5 Å². The van der Waals surface area contributed by atoms with Crippen molar-refractivity contribution in [3.63, 3.8) is 0 Å². The van der Waals surface area contributed by atoms with Gasteiger partial charge in [-0.1, -0.05) is 35.3 Å². The highest BCUT2D eigenvalue weighted by Gasteiger charge is 2.15. The lowest BCUT2D eigenvalue weighted by Gasteiger charge is -2.14. The van der Waals surface area contributed by atoms with Gasteiger partial charge < -0.3 is 19.5 Å². The average Bonchev–Trinajstić information content (AvgIpc) is 2.86. The van der Waals surface area contributed by atoms with Crippen LogP contribution in [-0.4, -0.2) is 26.1 Å². The van der Waals surface area contributed by atoms with E-state index < -0.39 is 11.9 Å². The van der Waals surface area contributed by atoms with E-state index in [9.17, 15) is 14.9 Å². The Morgan fingerprint density at radius 2 is 1.80 bits per heavy atom. The summed E-state index contributed by atoms with van der Waals surface area (Å²) in [7, 11) is 2.74. The van der Waals surface area contributed by atoms with Gasteiger partial charge in [0.1, 0.15) is 18.2 Å². The quantitative estimate of drug-likeness (QED) is 0.229. The number of esters is 1. The summed E-state index contributed by atoms with van der Waals surface area (Å²) in [5, 5.41) is 13.0. The zero-order valence-corrected chi connectivity index (χ0v) is 20.3. The van der Waals surface area contributed by atoms with Gasteiger partial charge in [-0.3, -0.25) is 4.79 Å². The Bertz CT molecular complexity index is 1310. The van der Waals surface area contributed by atoms with E-state index in [-0.39, 0.29) is 17.2 Å². The number of benzene rings is 3. The van der Waals surface area contributed by atoms with Crippen LogP contribution in [0.1, 0.15) is 21.5 Å². The maximum atomic E-state index is 12.6. The molecule has 0 saturated carbocycles. The molecule has 0 saturated heterocycles. The molecule has 0 spiro atoms. The van der Waals surface area contributed by atoms with E-state index in [0.29, 0.717) is 33.3 Å². The van der Waals surface area contributed by atoms with E-state index >= 15 is 0 Å². The SMILES string of the molecule is COC(=O)c1ccc(NC(=O)/C(C#N)=C/c2cc(Cl)c(OCc3cccc(Cl)c3)c(OC)c2)cc1. The summed E-state index contributed by atoms with van der Waals surface area (Å²) in [5.74, 6) is -0.470. The Hall–Kier alpha value is -3.99. The van der Waals surface area contributed by atoms with Crippen molar-refractivity contribution in [3.05, 3.63) is 93.0 Å². The van der Waals surface area contributed by atoms with Gasteiger partial charge >= 0.3 is 5.97 Å². The Morgan fingerprint density at radius 3 is 2.43 bits per heavy atom. The minimum atomic E-state index is -0.630. The third-order valence-corrected chi connectivity index (χ3v) is 5.28. The van der Waals surface area contributed by atoms with E-state index in [2.05, 4.69) is 10.1 Å². The number of hydrogen-bond donors (Lipinski definition) is 1. The number of nitrogens with one attached hydrogen (secondary N) is 1. The molecule has 0 aromatic heterocycles.